The highest BCUT2D eigenvalue weighted by Crippen LogP contribution is 2.23. The molecule has 0 amide bonds. The van der Waals surface area contributed by atoms with Crippen LogP contribution in [0.2, 0.25) is 0 Å². The predicted octanol–water partition coefficient (Wildman–Crippen LogP) is 3.30. The molecule has 0 bridgehead atoms. The van der Waals surface area contributed by atoms with Crippen LogP contribution in [0.5, 0.6) is 5.75 Å². The number of hydrogen-bond donors (Lipinski definition) is 2. The standard InChI is InChI=1S/C15H17NO3S/c1-10-7-11(3-6-14(10)19-2)16-9-13-5-4-12(20-13)8-15(17)18/h3-7,16H,8-9H2,1-2H3,(H,17,18). The fourth-order valence-electron chi connectivity index (χ4n) is 1.94. The maximum Gasteiger partial charge on any atom is 0.308 e. The number of methoxy groups -OCH3 is 1. The van der Waals surface area contributed by atoms with Gasteiger partial charge in [0.05, 0.1) is 13.5 Å². The van der Waals surface area contributed by atoms with E-state index in [1.54, 1.807) is 7.11 Å². The van der Waals surface area contributed by atoms with Gasteiger partial charge in [0.15, 0.2) is 0 Å². The Kier molecular flexibility index (Phi) is 4.63. The minimum atomic E-state index is -0.794. The average molecular weight is 291 g/mol. The summed E-state index contributed by atoms with van der Waals surface area (Å²) >= 11 is 1.52. The van der Waals surface area contributed by atoms with Crippen LogP contribution < -0.4 is 10.1 Å². The zero-order valence-electron chi connectivity index (χ0n) is 11.5. The molecule has 0 radical (unpaired) electrons. The van der Waals surface area contributed by atoms with Crippen molar-refractivity contribution in [1.82, 2.24) is 0 Å². The third kappa shape index (κ3) is 3.74. The second kappa shape index (κ2) is 6.43. The molecule has 0 unspecified atom stereocenters. The van der Waals surface area contributed by atoms with Gasteiger partial charge >= 0.3 is 5.97 Å². The Morgan fingerprint density at radius 3 is 2.70 bits per heavy atom. The van der Waals surface area contributed by atoms with Crippen molar-refractivity contribution in [3.05, 3.63) is 45.6 Å². The third-order valence-corrected chi connectivity index (χ3v) is 3.99. The van der Waals surface area contributed by atoms with Gasteiger partial charge in [0.2, 0.25) is 0 Å². The zero-order valence-corrected chi connectivity index (χ0v) is 12.3. The Hall–Kier alpha value is -2.01. The van der Waals surface area contributed by atoms with E-state index in [4.69, 9.17) is 9.84 Å². The van der Waals surface area contributed by atoms with Crippen molar-refractivity contribution >= 4 is 23.0 Å². The molecular weight excluding hydrogens is 274 g/mol. The van der Waals surface area contributed by atoms with Gasteiger partial charge in [-0.25, -0.2) is 0 Å². The largest absolute Gasteiger partial charge is 0.496 e. The average Bonchev–Trinajstić information content (AvgIpc) is 2.83. The number of benzene rings is 1. The first kappa shape index (κ1) is 14.4. The quantitative estimate of drug-likeness (QED) is 0.857. The minimum absolute atomic E-state index is 0.0896. The smallest absolute Gasteiger partial charge is 0.308 e. The maximum absolute atomic E-state index is 10.6. The van der Waals surface area contributed by atoms with Gasteiger partial charge in [0, 0.05) is 22.0 Å². The fourth-order valence-corrected chi connectivity index (χ4v) is 2.89. The van der Waals surface area contributed by atoms with Crippen LogP contribution in [-0.2, 0) is 17.8 Å². The van der Waals surface area contributed by atoms with Crippen molar-refractivity contribution < 1.29 is 14.6 Å². The summed E-state index contributed by atoms with van der Waals surface area (Å²) in [6.45, 7) is 2.69. The van der Waals surface area contributed by atoms with Crippen LogP contribution in [0.4, 0.5) is 5.69 Å². The lowest BCUT2D eigenvalue weighted by atomic mass is 10.2. The highest BCUT2D eigenvalue weighted by Gasteiger charge is 2.05. The number of aryl methyl sites for hydroxylation is 1. The number of carboxylic acid groups (broad SMARTS) is 1. The van der Waals surface area contributed by atoms with E-state index in [1.165, 1.54) is 11.3 Å². The molecule has 2 rings (SSSR count). The molecule has 0 saturated carbocycles. The summed E-state index contributed by atoms with van der Waals surface area (Å²) in [5.74, 6) is 0.0764. The highest BCUT2D eigenvalue weighted by molar-refractivity contribution is 7.12. The zero-order chi connectivity index (χ0) is 14.5. The van der Waals surface area contributed by atoms with Crippen LogP contribution in [0, 0.1) is 6.92 Å². The number of hydrogen-bond acceptors (Lipinski definition) is 4. The molecule has 1 heterocycles. The van der Waals surface area contributed by atoms with Crippen LogP contribution in [0.3, 0.4) is 0 Å². The molecule has 0 saturated heterocycles. The number of thiophene rings is 1. The topological polar surface area (TPSA) is 58.6 Å². The van der Waals surface area contributed by atoms with Crippen molar-refractivity contribution in [3.8, 4) is 5.75 Å². The summed E-state index contributed by atoms with van der Waals surface area (Å²) in [7, 11) is 1.66. The van der Waals surface area contributed by atoms with E-state index in [9.17, 15) is 4.79 Å². The molecule has 2 N–H and O–H groups in total. The van der Waals surface area contributed by atoms with Gasteiger partial charge in [-0.15, -0.1) is 11.3 Å². The number of anilines is 1. The monoisotopic (exact) mass is 291 g/mol. The predicted molar refractivity (Wildman–Crippen MR) is 80.7 cm³/mol. The summed E-state index contributed by atoms with van der Waals surface area (Å²) in [6.07, 6.45) is 0.0896. The number of nitrogens with one attached hydrogen (secondary N) is 1. The van der Waals surface area contributed by atoms with Crippen molar-refractivity contribution in [2.24, 2.45) is 0 Å². The molecule has 0 atom stereocenters. The molecule has 0 aliphatic heterocycles. The van der Waals surface area contributed by atoms with Crippen molar-refractivity contribution in [2.75, 3.05) is 12.4 Å². The second-order valence-corrected chi connectivity index (χ2v) is 5.73. The lowest BCUT2D eigenvalue weighted by molar-refractivity contribution is -0.136. The Morgan fingerprint density at radius 2 is 2.05 bits per heavy atom. The summed E-state index contributed by atoms with van der Waals surface area (Å²) in [5, 5.41) is 12.1. The first-order chi connectivity index (χ1) is 9.58. The SMILES string of the molecule is COc1ccc(NCc2ccc(CC(=O)O)s2)cc1C. The molecule has 106 valence electrons. The number of ether oxygens (including phenoxy) is 1. The Morgan fingerprint density at radius 1 is 1.30 bits per heavy atom. The van der Waals surface area contributed by atoms with Gasteiger partial charge in [0.25, 0.3) is 0 Å². The van der Waals surface area contributed by atoms with E-state index in [-0.39, 0.29) is 6.42 Å². The molecule has 2 aromatic rings. The molecule has 0 aliphatic rings. The highest BCUT2D eigenvalue weighted by atomic mass is 32.1. The van der Waals surface area contributed by atoms with E-state index < -0.39 is 5.97 Å². The molecule has 5 heteroatoms. The molecule has 0 spiro atoms. The van der Waals surface area contributed by atoms with E-state index in [0.29, 0.717) is 6.54 Å². The van der Waals surface area contributed by atoms with Crippen molar-refractivity contribution in [2.45, 2.75) is 19.9 Å². The van der Waals surface area contributed by atoms with Gasteiger partial charge < -0.3 is 15.2 Å². The van der Waals surface area contributed by atoms with E-state index in [0.717, 1.165) is 26.8 Å². The van der Waals surface area contributed by atoms with Crippen LogP contribution in [0.15, 0.2) is 30.3 Å². The first-order valence-electron chi connectivity index (χ1n) is 6.26. The van der Waals surface area contributed by atoms with E-state index in [1.807, 2.05) is 37.3 Å². The number of rotatable bonds is 6. The Bertz CT molecular complexity index is 607. The lowest BCUT2D eigenvalue weighted by Gasteiger charge is -2.09. The van der Waals surface area contributed by atoms with Crippen molar-refractivity contribution in [1.29, 1.82) is 0 Å². The lowest BCUT2D eigenvalue weighted by Crippen LogP contribution is -1.98. The molecule has 4 nitrogen and oxygen atoms in total. The molecule has 0 aliphatic carbocycles. The number of aliphatic carboxylic acids is 1. The van der Waals surface area contributed by atoms with Gasteiger partial charge in [-0.2, -0.15) is 0 Å². The summed E-state index contributed by atoms with van der Waals surface area (Å²) in [6, 6.07) is 9.77. The first-order valence-corrected chi connectivity index (χ1v) is 7.08. The molecule has 0 fully saturated rings. The normalized spacial score (nSPS) is 10.3. The Balaban J connectivity index is 1.96. The number of carboxylic acids is 1. The molecule has 1 aromatic heterocycles. The van der Waals surface area contributed by atoms with Gasteiger partial charge in [-0.05, 0) is 42.8 Å². The molecule has 20 heavy (non-hydrogen) atoms. The van der Waals surface area contributed by atoms with Crippen LogP contribution in [0.1, 0.15) is 15.3 Å². The third-order valence-electron chi connectivity index (χ3n) is 2.90. The van der Waals surface area contributed by atoms with Gasteiger partial charge in [-0.3, -0.25) is 4.79 Å². The fraction of sp³-hybridized carbons (Fsp3) is 0.267. The summed E-state index contributed by atoms with van der Waals surface area (Å²) < 4.78 is 5.22. The minimum Gasteiger partial charge on any atom is -0.496 e. The Labute approximate surface area is 122 Å². The number of carbonyl (C=O) groups is 1. The summed E-state index contributed by atoms with van der Waals surface area (Å²) in [5.41, 5.74) is 2.10. The second-order valence-electron chi connectivity index (χ2n) is 4.48. The van der Waals surface area contributed by atoms with Crippen molar-refractivity contribution in [3.63, 3.8) is 0 Å². The maximum atomic E-state index is 10.6. The van der Waals surface area contributed by atoms with Crippen LogP contribution >= 0.6 is 11.3 Å². The van der Waals surface area contributed by atoms with Gasteiger partial charge in [0.1, 0.15) is 5.75 Å². The summed E-state index contributed by atoms with van der Waals surface area (Å²) in [4.78, 5) is 12.6. The molecular formula is C15H17NO3S. The van der Waals surface area contributed by atoms with E-state index >= 15 is 0 Å². The van der Waals surface area contributed by atoms with Gasteiger partial charge in [-0.1, -0.05) is 0 Å². The van der Waals surface area contributed by atoms with Crippen LogP contribution in [-0.4, -0.2) is 18.2 Å². The molecule has 1 aromatic carbocycles. The van der Waals surface area contributed by atoms with Crippen LogP contribution in [0.25, 0.3) is 0 Å². The van der Waals surface area contributed by atoms with E-state index in [2.05, 4.69) is 5.32 Å².